The molecule has 0 aromatic carbocycles. The highest BCUT2D eigenvalue weighted by Crippen LogP contribution is 2.29. The number of ether oxygens (including phenoxy) is 1. The third kappa shape index (κ3) is 4.15. The first kappa shape index (κ1) is 22.1. The maximum absolute atomic E-state index is 13.3. The Kier molecular flexibility index (Phi) is 6.66. The fraction of sp³-hybridized carbons (Fsp3) is 0.500. The standard InChI is InChI=1S/C18H21F3N4O4S/c1-10-12(9-23-6-4-22-17(23)27)30-16-13(10)15(26)24(5-3-11(19)14(20)21)18(28)25(16)7-8-29-2/h3-9H2,1-2H3,(H,22,27). The van der Waals surface area contributed by atoms with Crippen LogP contribution in [0.15, 0.2) is 21.5 Å². The van der Waals surface area contributed by atoms with E-state index in [0.29, 0.717) is 23.5 Å². The van der Waals surface area contributed by atoms with E-state index in [9.17, 15) is 27.6 Å². The lowest BCUT2D eigenvalue weighted by molar-refractivity contribution is 0.186. The molecule has 1 N–H and O–H groups in total. The van der Waals surface area contributed by atoms with E-state index in [1.54, 1.807) is 11.8 Å². The molecule has 164 valence electrons. The molecule has 0 saturated carbocycles. The summed E-state index contributed by atoms with van der Waals surface area (Å²) in [6.45, 7) is 2.84. The summed E-state index contributed by atoms with van der Waals surface area (Å²) in [5, 5.41) is 2.96. The largest absolute Gasteiger partial charge is 0.383 e. The number of nitrogens with one attached hydrogen (secondary N) is 1. The maximum Gasteiger partial charge on any atom is 0.332 e. The molecule has 1 aliphatic rings. The Balaban J connectivity index is 2.12. The van der Waals surface area contributed by atoms with Gasteiger partial charge in [0.1, 0.15) is 4.83 Å². The van der Waals surface area contributed by atoms with E-state index in [2.05, 4.69) is 5.32 Å². The van der Waals surface area contributed by atoms with Crippen molar-refractivity contribution in [3.05, 3.63) is 43.2 Å². The number of allylic oxidation sites excluding steroid dienone is 1. The van der Waals surface area contributed by atoms with Gasteiger partial charge in [-0.2, -0.15) is 8.78 Å². The zero-order valence-corrected chi connectivity index (χ0v) is 17.3. The fourth-order valence-electron chi connectivity index (χ4n) is 3.31. The molecule has 1 aliphatic heterocycles. The average molecular weight is 446 g/mol. The summed E-state index contributed by atoms with van der Waals surface area (Å²) in [5.41, 5.74) is -0.780. The van der Waals surface area contributed by atoms with E-state index >= 15 is 0 Å². The number of aryl methyl sites for hydroxylation is 1. The molecule has 0 aliphatic carbocycles. The van der Waals surface area contributed by atoms with Crippen molar-refractivity contribution >= 4 is 27.6 Å². The summed E-state index contributed by atoms with van der Waals surface area (Å²) >= 11 is 1.23. The van der Waals surface area contributed by atoms with Gasteiger partial charge < -0.3 is 15.0 Å². The molecule has 2 aromatic heterocycles. The molecule has 8 nitrogen and oxygen atoms in total. The highest BCUT2D eigenvalue weighted by atomic mass is 32.1. The van der Waals surface area contributed by atoms with Crippen LogP contribution in [0, 0.1) is 6.92 Å². The molecule has 0 bridgehead atoms. The predicted octanol–water partition coefficient (Wildman–Crippen LogP) is 2.17. The molecule has 1 saturated heterocycles. The fourth-order valence-corrected chi connectivity index (χ4v) is 4.64. The lowest BCUT2D eigenvalue weighted by atomic mass is 10.2. The van der Waals surface area contributed by atoms with Gasteiger partial charge in [-0.25, -0.2) is 14.0 Å². The SMILES string of the molecule is COCCn1c(=O)n(CCC(F)=C(F)F)c(=O)c2c(C)c(CN3CCNC3=O)sc21. The van der Waals surface area contributed by atoms with Crippen molar-refractivity contribution < 1.29 is 22.7 Å². The van der Waals surface area contributed by atoms with E-state index in [4.69, 9.17) is 4.74 Å². The number of carbonyl (C=O) groups is 1. The number of carbonyl (C=O) groups excluding carboxylic acids is 1. The number of aromatic nitrogens is 2. The molecular formula is C18H21F3N4O4S. The number of nitrogens with zero attached hydrogens (tertiary/aromatic N) is 3. The van der Waals surface area contributed by atoms with Crippen LogP contribution in [0.2, 0.25) is 0 Å². The second kappa shape index (κ2) is 9.04. The molecule has 2 aromatic rings. The average Bonchev–Trinajstić information content (AvgIpc) is 3.25. The number of fused-ring (bicyclic) bond motifs is 1. The van der Waals surface area contributed by atoms with Crippen LogP contribution in [0.4, 0.5) is 18.0 Å². The van der Waals surface area contributed by atoms with Gasteiger partial charge >= 0.3 is 17.8 Å². The summed E-state index contributed by atoms with van der Waals surface area (Å²) in [6.07, 6.45) is -3.24. The third-order valence-corrected chi connectivity index (χ3v) is 6.25. The Bertz CT molecular complexity index is 1120. The molecule has 3 rings (SSSR count). The number of halogens is 3. The zero-order chi connectivity index (χ0) is 22.0. The molecule has 30 heavy (non-hydrogen) atoms. The van der Waals surface area contributed by atoms with Gasteiger partial charge in [0.15, 0.2) is 5.83 Å². The minimum Gasteiger partial charge on any atom is -0.383 e. The van der Waals surface area contributed by atoms with Crippen LogP contribution in [0.25, 0.3) is 10.2 Å². The first-order valence-electron chi connectivity index (χ1n) is 9.23. The maximum atomic E-state index is 13.3. The topological polar surface area (TPSA) is 85.6 Å². The summed E-state index contributed by atoms with van der Waals surface area (Å²) in [6, 6.07) is -0.212. The van der Waals surface area contributed by atoms with Gasteiger partial charge in [0.25, 0.3) is 5.56 Å². The molecule has 1 fully saturated rings. The summed E-state index contributed by atoms with van der Waals surface area (Å²) in [4.78, 5) is 40.5. The van der Waals surface area contributed by atoms with Crippen LogP contribution in [0.1, 0.15) is 16.9 Å². The Morgan fingerprint density at radius 2 is 1.90 bits per heavy atom. The molecular weight excluding hydrogens is 425 g/mol. The first-order valence-corrected chi connectivity index (χ1v) is 10.0. The van der Waals surface area contributed by atoms with Gasteiger partial charge in [0.05, 0.1) is 25.1 Å². The number of hydrogen-bond acceptors (Lipinski definition) is 5. The van der Waals surface area contributed by atoms with Crippen LogP contribution in [-0.2, 0) is 24.4 Å². The highest BCUT2D eigenvalue weighted by Gasteiger charge is 2.25. The van der Waals surface area contributed by atoms with Gasteiger partial charge in [0, 0.05) is 38.0 Å². The van der Waals surface area contributed by atoms with Gasteiger partial charge in [-0.15, -0.1) is 11.3 Å². The van der Waals surface area contributed by atoms with E-state index in [1.165, 1.54) is 23.0 Å². The minimum absolute atomic E-state index is 0.130. The quantitative estimate of drug-likeness (QED) is 0.674. The summed E-state index contributed by atoms with van der Waals surface area (Å²) in [7, 11) is 1.46. The van der Waals surface area contributed by atoms with Crippen molar-refractivity contribution in [3.8, 4) is 0 Å². The lowest BCUT2D eigenvalue weighted by Crippen LogP contribution is -2.40. The van der Waals surface area contributed by atoms with E-state index < -0.39 is 36.1 Å². The van der Waals surface area contributed by atoms with E-state index in [0.717, 1.165) is 9.44 Å². The van der Waals surface area contributed by atoms with Crippen LogP contribution in [0.3, 0.4) is 0 Å². The predicted molar refractivity (Wildman–Crippen MR) is 106 cm³/mol. The third-order valence-electron chi connectivity index (χ3n) is 4.95. The number of amides is 2. The van der Waals surface area contributed by atoms with Crippen molar-refractivity contribution in [2.75, 3.05) is 26.8 Å². The van der Waals surface area contributed by atoms with Crippen LogP contribution in [0.5, 0.6) is 0 Å². The molecule has 0 spiro atoms. The second-order valence-electron chi connectivity index (χ2n) is 6.78. The van der Waals surface area contributed by atoms with Crippen molar-refractivity contribution in [2.45, 2.75) is 33.0 Å². The van der Waals surface area contributed by atoms with E-state index in [-0.39, 0.29) is 31.1 Å². The van der Waals surface area contributed by atoms with Crippen LogP contribution >= 0.6 is 11.3 Å². The number of methoxy groups -OCH3 is 1. The van der Waals surface area contributed by atoms with Gasteiger partial charge in [-0.1, -0.05) is 0 Å². The normalized spacial score (nSPS) is 13.9. The molecule has 3 heterocycles. The van der Waals surface area contributed by atoms with Crippen molar-refractivity contribution in [2.24, 2.45) is 0 Å². The monoisotopic (exact) mass is 446 g/mol. The van der Waals surface area contributed by atoms with Crippen molar-refractivity contribution in [3.63, 3.8) is 0 Å². The smallest absolute Gasteiger partial charge is 0.332 e. The zero-order valence-electron chi connectivity index (χ0n) is 16.5. The number of thiophene rings is 1. The Hall–Kier alpha value is -2.60. The van der Waals surface area contributed by atoms with Gasteiger partial charge in [-0.05, 0) is 12.5 Å². The number of hydrogen-bond donors (Lipinski definition) is 1. The molecule has 0 unspecified atom stereocenters. The molecule has 0 radical (unpaired) electrons. The summed E-state index contributed by atoms with van der Waals surface area (Å²) < 4.78 is 45.2. The Labute approximate surface area is 173 Å². The lowest BCUT2D eigenvalue weighted by Gasteiger charge is -2.12. The Morgan fingerprint density at radius 1 is 1.17 bits per heavy atom. The first-order chi connectivity index (χ1) is 14.3. The summed E-state index contributed by atoms with van der Waals surface area (Å²) in [5.74, 6) is -1.66. The number of rotatable bonds is 8. The van der Waals surface area contributed by atoms with Gasteiger partial charge in [0.2, 0.25) is 0 Å². The molecule has 12 heteroatoms. The van der Waals surface area contributed by atoms with Crippen LogP contribution < -0.4 is 16.6 Å². The van der Waals surface area contributed by atoms with Crippen LogP contribution in [-0.4, -0.2) is 46.9 Å². The molecule has 0 atom stereocenters. The second-order valence-corrected chi connectivity index (χ2v) is 7.87. The van der Waals surface area contributed by atoms with E-state index in [1.807, 2.05) is 0 Å². The highest BCUT2D eigenvalue weighted by molar-refractivity contribution is 7.18. The molecule has 2 amide bonds. The van der Waals surface area contributed by atoms with Gasteiger partial charge in [-0.3, -0.25) is 13.9 Å². The van der Waals surface area contributed by atoms with Crippen molar-refractivity contribution in [1.29, 1.82) is 0 Å². The van der Waals surface area contributed by atoms with Crippen molar-refractivity contribution in [1.82, 2.24) is 19.4 Å². The minimum atomic E-state index is -2.47. The Morgan fingerprint density at radius 3 is 2.50 bits per heavy atom. The number of urea groups is 1.